The topological polar surface area (TPSA) is 20.2 Å². The van der Waals surface area contributed by atoms with Crippen molar-refractivity contribution in [1.82, 2.24) is 0 Å². The molecule has 1 nitrogen and oxygen atoms in total. The van der Waals surface area contributed by atoms with Crippen LogP contribution in [0.5, 0.6) is 0 Å². The summed E-state index contributed by atoms with van der Waals surface area (Å²) in [7, 11) is 0. The summed E-state index contributed by atoms with van der Waals surface area (Å²) in [4.78, 5) is 0. The molecule has 1 aromatic carbocycles. The van der Waals surface area contributed by atoms with Crippen molar-refractivity contribution < 1.29 is 5.11 Å². The predicted molar refractivity (Wildman–Crippen MR) is 60.8 cm³/mol. The van der Waals surface area contributed by atoms with Crippen molar-refractivity contribution in [3.63, 3.8) is 0 Å². The minimum absolute atomic E-state index is 0.368. The second kappa shape index (κ2) is 3.74. The van der Waals surface area contributed by atoms with Crippen LogP contribution < -0.4 is 0 Å². The van der Waals surface area contributed by atoms with Crippen molar-refractivity contribution in [2.75, 3.05) is 0 Å². The summed E-state index contributed by atoms with van der Waals surface area (Å²) in [6, 6.07) is 0. The molecule has 0 bridgehead atoms. The minimum Gasteiger partial charge on any atom is -0.389 e. The van der Waals surface area contributed by atoms with Gasteiger partial charge in [-0.15, -0.1) is 0 Å². The summed E-state index contributed by atoms with van der Waals surface area (Å²) in [5, 5.41) is 9.73. The van der Waals surface area contributed by atoms with E-state index in [-0.39, 0.29) is 6.10 Å². The fraction of sp³-hybridized carbons (Fsp3) is 0.538. The van der Waals surface area contributed by atoms with E-state index in [9.17, 15) is 5.11 Å². The lowest BCUT2D eigenvalue weighted by molar-refractivity contribution is 0.197. The van der Waals surface area contributed by atoms with Gasteiger partial charge in [-0.2, -0.15) is 0 Å². The van der Waals surface area contributed by atoms with E-state index < -0.39 is 0 Å². The van der Waals surface area contributed by atoms with Crippen LogP contribution in [0.25, 0.3) is 0 Å². The molecule has 1 aromatic rings. The first-order valence-electron chi connectivity index (χ1n) is 5.12. The molecule has 0 fully saturated rings. The van der Waals surface area contributed by atoms with Gasteiger partial charge in [-0.05, 0) is 74.9 Å². The van der Waals surface area contributed by atoms with Gasteiger partial charge in [0.2, 0.25) is 0 Å². The summed E-state index contributed by atoms with van der Waals surface area (Å²) in [5.74, 6) is 0. The van der Waals surface area contributed by atoms with Gasteiger partial charge in [0.1, 0.15) is 0 Å². The molecular weight excluding hydrogens is 172 g/mol. The van der Waals surface area contributed by atoms with E-state index >= 15 is 0 Å². The lowest BCUT2D eigenvalue weighted by atomic mass is 9.87. The van der Waals surface area contributed by atoms with Gasteiger partial charge in [-0.25, -0.2) is 0 Å². The molecule has 0 aliphatic heterocycles. The van der Waals surface area contributed by atoms with Crippen LogP contribution in [0.1, 0.15) is 46.4 Å². The molecule has 1 unspecified atom stereocenters. The molecule has 0 saturated heterocycles. The van der Waals surface area contributed by atoms with E-state index in [1.807, 2.05) is 6.92 Å². The Bertz CT molecular complexity index is 333. The monoisotopic (exact) mass is 192 g/mol. The van der Waals surface area contributed by atoms with Crippen LogP contribution in [-0.2, 0) is 0 Å². The zero-order chi connectivity index (χ0) is 11.0. The molecule has 0 aliphatic carbocycles. The van der Waals surface area contributed by atoms with E-state index in [1.54, 1.807) is 0 Å². The maximum absolute atomic E-state index is 9.73. The molecule has 78 valence electrons. The van der Waals surface area contributed by atoms with Gasteiger partial charge in [0.05, 0.1) is 6.10 Å². The van der Waals surface area contributed by atoms with Crippen LogP contribution in [-0.4, -0.2) is 5.11 Å². The highest BCUT2D eigenvalue weighted by Gasteiger charge is 2.14. The average Bonchev–Trinajstić information content (AvgIpc) is 2.11. The Morgan fingerprint density at radius 2 is 1.00 bits per heavy atom. The standard InChI is InChI=1S/C13H20O/c1-7-8(2)10(4)13(12(6)14)11(5)9(7)3/h12,14H,1-6H3. The maximum Gasteiger partial charge on any atom is 0.0767 e. The molecule has 1 N–H and O–H groups in total. The Kier molecular flexibility index (Phi) is 3.01. The van der Waals surface area contributed by atoms with E-state index in [0.29, 0.717) is 0 Å². The van der Waals surface area contributed by atoms with Gasteiger partial charge in [0, 0.05) is 0 Å². The Morgan fingerprint density at radius 1 is 0.714 bits per heavy atom. The number of hydrogen-bond donors (Lipinski definition) is 1. The van der Waals surface area contributed by atoms with Gasteiger partial charge in [0.15, 0.2) is 0 Å². The van der Waals surface area contributed by atoms with Crippen molar-refractivity contribution in [1.29, 1.82) is 0 Å². The Hall–Kier alpha value is -0.820. The van der Waals surface area contributed by atoms with Crippen LogP contribution in [0.3, 0.4) is 0 Å². The molecule has 0 aliphatic rings. The minimum atomic E-state index is -0.368. The fourth-order valence-electron chi connectivity index (χ4n) is 2.16. The van der Waals surface area contributed by atoms with E-state index in [2.05, 4.69) is 34.6 Å². The number of aliphatic hydroxyl groups is 1. The van der Waals surface area contributed by atoms with Crippen molar-refractivity contribution in [3.8, 4) is 0 Å². The highest BCUT2D eigenvalue weighted by Crippen LogP contribution is 2.29. The predicted octanol–water partition coefficient (Wildman–Crippen LogP) is 3.28. The largest absolute Gasteiger partial charge is 0.389 e. The Morgan fingerprint density at radius 3 is 1.29 bits per heavy atom. The van der Waals surface area contributed by atoms with Crippen molar-refractivity contribution >= 4 is 0 Å². The van der Waals surface area contributed by atoms with Gasteiger partial charge in [-0.3, -0.25) is 0 Å². The summed E-state index contributed by atoms with van der Waals surface area (Å²) in [6.07, 6.45) is -0.368. The van der Waals surface area contributed by atoms with Crippen LogP contribution in [0.4, 0.5) is 0 Å². The molecule has 1 atom stereocenters. The van der Waals surface area contributed by atoms with Crippen LogP contribution in [0.15, 0.2) is 0 Å². The number of hydrogen-bond acceptors (Lipinski definition) is 1. The first-order valence-corrected chi connectivity index (χ1v) is 5.12. The summed E-state index contributed by atoms with van der Waals surface area (Å²) in [6.45, 7) is 12.4. The summed E-state index contributed by atoms with van der Waals surface area (Å²) < 4.78 is 0. The third-order valence-electron chi connectivity index (χ3n) is 3.48. The Balaban J connectivity index is 3.60. The van der Waals surface area contributed by atoms with Crippen LogP contribution >= 0.6 is 0 Å². The quantitative estimate of drug-likeness (QED) is 0.724. The van der Waals surface area contributed by atoms with Gasteiger partial charge in [-0.1, -0.05) is 0 Å². The smallest absolute Gasteiger partial charge is 0.0767 e. The highest BCUT2D eigenvalue weighted by atomic mass is 16.3. The third-order valence-corrected chi connectivity index (χ3v) is 3.48. The number of aliphatic hydroxyl groups excluding tert-OH is 1. The van der Waals surface area contributed by atoms with E-state index in [0.717, 1.165) is 5.56 Å². The van der Waals surface area contributed by atoms with Crippen LogP contribution in [0.2, 0.25) is 0 Å². The molecule has 0 amide bonds. The number of benzene rings is 1. The van der Waals surface area contributed by atoms with Gasteiger partial charge < -0.3 is 5.11 Å². The van der Waals surface area contributed by atoms with Crippen molar-refractivity contribution in [2.45, 2.75) is 47.6 Å². The Labute approximate surface area is 86.8 Å². The average molecular weight is 192 g/mol. The molecule has 0 aromatic heterocycles. The number of rotatable bonds is 1. The third kappa shape index (κ3) is 1.57. The summed E-state index contributed by atoms with van der Waals surface area (Å²) >= 11 is 0. The molecule has 14 heavy (non-hydrogen) atoms. The second-order valence-corrected chi connectivity index (χ2v) is 4.21. The van der Waals surface area contributed by atoms with Gasteiger partial charge >= 0.3 is 0 Å². The molecule has 0 radical (unpaired) electrons. The van der Waals surface area contributed by atoms with E-state index in [4.69, 9.17) is 0 Å². The first-order chi connectivity index (χ1) is 6.37. The van der Waals surface area contributed by atoms with Crippen LogP contribution in [0, 0.1) is 34.6 Å². The normalized spacial score (nSPS) is 13.1. The lowest BCUT2D eigenvalue weighted by Gasteiger charge is -2.20. The van der Waals surface area contributed by atoms with Crippen molar-refractivity contribution in [3.05, 3.63) is 33.4 Å². The zero-order valence-electron chi connectivity index (χ0n) is 10.0. The van der Waals surface area contributed by atoms with Crippen molar-refractivity contribution in [2.24, 2.45) is 0 Å². The molecule has 1 rings (SSSR count). The molecule has 0 spiro atoms. The van der Waals surface area contributed by atoms with E-state index in [1.165, 1.54) is 27.8 Å². The zero-order valence-corrected chi connectivity index (χ0v) is 10.0. The summed E-state index contributed by atoms with van der Waals surface area (Å²) in [5.41, 5.74) is 7.55. The molecule has 0 heterocycles. The highest BCUT2D eigenvalue weighted by molar-refractivity contribution is 5.50. The molecular formula is C13H20O. The lowest BCUT2D eigenvalue weighted by Crippen LogP contribution is -2.05. The fourth-order valence-corrected chi connectivity index (χ4v) is 2.16. The second-order valence-electron chi connectivity index (χ2n) is 4.21. The molecule has 0 saturated carbocycles. The SMILES string of the molecule is Cc1c(C)c(C)c(C(C)O)c(C)c1C. The van der Waals surface area contributed by atoms with Gasteiger partial charge in [0.25, 0.3) is 0 Å². The maximum atomic E-state index is 9.73. The molecule has 1 heteroatoms. The first kappa shape index (κ1) is 11.3.